The number of hydrogen-bond acceptors (Lipinski definition) is 5. The second kappa shape index (κ2) is 8.26. The van der Waals surface area contributed by atoms with E-state index in [2.05, 4.69) is 14.5 Å². The van der Waals surface area contributed by atoms with Gasteiger partial charge in [-0.2, -0.15) is 0 Å². The molecule has 1 fully saturated rings. The smallest absolute Gasteiger partial charge is 1.00 e. The summed E-state index contributed by atoms with van der Waals surface area (Å²) in [6.07, 6.45) is -3.99. The Morgan fingerprint density at radius 2 is 1.73 bits per heavy atom. The van der Waals surface area contributed by atoms with Crippen LogP contribution >= 0.6 is 0 Å². The number of carboxylic acid groups (broad SMARTS) is 1. The first kappa shape index (κ1) is 19.5. The molecule has 0 unspecified atom stereocenters. The first-order chi connectivity index (χ1) is 3.62. The summed E-state index contributed by atoms with van der Waals surface area (Å²) in [4.78, 5) is 16.8. The minimum absolute atomic E-state index is 0. The van der Waals surface area contributed by atoms with Crippen LogP contribution in [0.2, 0.25) is 0 Å². The van der Waals surface area contributed by atoms with Crippen molar-refractivity contribution in [3.63, 3.8) is 0 Å². The van der Waals surface area contributed by atoms with Gasteiger partial charge in [0.2, 0.25) is 0 Å². The first-order valence-corrected chi connectivity index (χ1v) is 1.63. The predicted molar refractivity (Wildman–Crippen MR) is 40.2 cm³/mol. The molecule has 9 heteroatoms. The zero-order valence-electron chi connectivity index (χ0n) is 11.6. The van der Waals surface area contributed by atoms with Crippen molar-refractivity contribution in [2.24, 2.45) is 0 Å². The van der Waals surface area contributed by atoms with Gasteiger partial charge in [0, 0.05) is 0 Å². The molecule has 1 heterocycles. The topological polar surface area (TPSA) is 91.8 Å². The van der Waals surface area contributed by atoms with Gasteiger partial charge >= 0.3 is 126 Å². The van der Waals surface area contributed by atoms with Gasteiger partial charge in [-0.1, -0.05) is 0 Å². The van der Waals surface area contributed by atoms with Crippen molar-refractivity contribution in [3.05, 3.63) is 0 Å². The Morgan fingerprint density at radius 1 is 1.36 bits per heavy atom. The molecular formula is C2H8Ca3O6. The summed E-state index contributed by atoms with van der Waals surface area (Å²) in [5.74, 6) is 0. The molecule has 0 spiro atoms. The van der Waals surface area contributed by atoms with Crippen LogP contribution in [0.4, 0.5) is 4.79 Å². The second-order valence-corrected chi connectivity index (χ2v) is 1.06. The molecule has 2 N–H and O–H groups in total. The van der Waals surface area contributed by atoms with E-state index < -0.39 is 12.3 Å². The van der Waals surface area contributed by atoms with E-state index in [1.54, 1.807) is 0 Å². The normalized spacial score (nSPS) is 16.1. The van der Waals surface area contributed by atoms with Crippen LogP contribution in [0.3, 0.4) is 0 Å². The monoisotopic (exact) mass is 248 g/mol. The van der Waals surface area contributed by atoms with Crippen LogP contribution in [0.5, 0.6) is 0 Å². The van der Waals surface area contributed by atoms with E-state index in [0.717, 1.165) is 0 Å². The van der Waals surface area contributed by atoms with Crippen LogP contribution in [0, 0.1) is 0 Å². The molecular weight excluding hydrogens is 240 g/mol. The largest absolute Gasteiger partial charge is 2.00 e. The summed E-state index contributed by atoms with van der Waals surface area (Å²) in [5, 5.41) is 16.0. The SMILES string of the molecule is O=C(O)OC1(O)OO1.[Ca+2].[Ca+2].[Ca+2].[H-].[H-].[H-].[H-].[H-].[H-]. The zero-order valence-corrected chi connectivity index (χ0v) is 12.3. The minimum Gasteiger partial charge on any atom is -1.00 e. The van der Waals surface area contributed by atoms with E-state index in [-0.39, 0.29) is 122 Å². The quantitative estimate of drug-likeness (QED) is 0.199. The minimum atomic E-state index is -2.33. The maximum atomic E-state index is 9.51. The van der Waals surface area contributed by atoms with E-state index in [1.165, 1.54) is 0 Å². The average Bonchev–Trinajstić information content (AvgIpc) is 2.17. The fourth-order valence-corrected chi connectivity index (χ4v) is 0.180. The van der Waals surface area contributed by atoms with Gasteiger partial charge < -0.3 is 23.5 Å². The van der Waals surface area contributed by atoms with Crippen molar-refractivity contribution < 1.29 is 38.1 Å². The molecule has 0 saturated carbocycles. The van der Waals surface area contributed by atoms with Crippen LogP contribution < -0.4 is 0 Å². The van der Waals surface area contributed by atoms with Crippen molar-refractivity contribution in [1.29, 1.82) is 0 Å². The number of hydrogen-bond donors (Lipinski definition) is 2. The van der Waals surface area contributed by atoms with E-state index in [0.29, 0.717) is 0 Å². The Kier molecular flexibility index (Phi) is 14.6. The Hall–Kier alpha value is 2.93. The average molecular weight is 248 g/mol. The van der Waals surface area contributed by atoms with E-state index in [9.17, 15) is 4.79 Å². The molecule has 0 atom stereocenters. The molecule has 0 bridgehead atoms. The molecule has 0 aromatic carbocycles. The summed E-state index contributed by atoms with van der Waals surface area (Å²) >= 11 is 0. The summed E-state index contributed by atoms with van der Waals surface area (Å²) < 4.78 is 3.58. The van der Waals surface area contributed by atoms with Crippen LogP contribution in [0.15, 0.2) is 0 Å². The molecule has 0 radical (unpaired) electrons. The third-order valence-electron chi connectivity index (χ3n) is 0.442. The molecule has 1 rings (SSSR count). The molecule has 0 aliphatic carbocycles. The van der Waals surface area contributed by atoms with Crippen molar-refractivity contribution in [1.82, 2.24) is 0 Å². The van der Waals surface area contributed by atoms with Crippen molar-refractivity contribution in [2.75, 3.05) is 0 Å². The van der Waals surface area contributed by atoms with Crippen molar-refractivity contribution in [3.8, 4) is 0 Å². The number of rotatable bonds is 1. The van der Waals surface area contributed by atoms with Gasteiger partial charge in [0.25, 0.3) is 0 Å². The molecule has 0 amide bonds. The number of aliphatic hydroxyl groups is 1. The van der Waals surface area contributed by atoms with Gasteiger partial charge in [-0.3, -0.25) is 0 Å². The van der Waals surface area contributed by atoms with Crippen molar-refractivity contribution in [2.45, 2.75) is 6.16 Å². The molecule has 11 heavy (non-hydrogen) atoms. The first-order valence-electron chi connectivity index (χ1n) is 1.63. The Labute approximate surface area is 160 Å². The molecule has 1 saturated heterocycles. The van der Waals surface area contributed by atoms with Crippen LogP contribution in [0.25, 0.3) is 0 Å². The molecule has 0 aromatic rings. The van der Waals surface area contributed by atoms with Crippen LogP contribution in [-0.4, -0.2) is 136 Å². The fraction of sp³-hybridized carbons (Fsp3) is 0.500. The third-order valence-corrected chi connectivity index (χ3v) is 0.442. The molecule has 0 aromatic heterocycles. The van der Waals surface area contributed by atoms with Gasteiger partial charge in [-0.15, -0.1) is 9.78 Å². The van der Waals surface area contributed by atoms with Gasteiger partial charge in [0.05, 0.1) is 0 Å². The number of carbonyl (C=O) groups is 1. The van der Waals surface area contributed by atoms with E-state index in [4.69, 9.17) is 10.2 Å². The molecule has 1 aliphatic heterocycles. The van der Waals surface area contributed by atoms with Gasteiger partial charge in [0.15, 0.2) is 0 Å². The van der Waals surface area contributed by atoms with Gasteiger partial charge in [-0.25, -0.2) is 4.79 Å². The van der Waals surface area contributed by atoms with Crippen LogP contribution in [0.1, 0.15) is 8.56 Å². The fourth-order valence-electron chi connectivity index (χ4n) is 0.180. The molecule has 58 valence electrons. The maximum Gasteiger partial charge on any atom is 2.00 e. The van der Waals surface area contributed by atoms with E-state index in [1.807, 2.05) is 0 Å². The van der Waals surface area contributed by atoms with Crippen LogP contribution in [-0.2, 0) is 14.5 Å². The Morgan fingerprint density at radius 3 is 1.82 bits per heavy atom. The van der Waals surface area contributed by atoms with E-state index >= 15 is 0 Å². The predicted octanol–water partition coefficient (Wildman–Crippen LogP) is -1.22. The zero-order chi connectivity index (χ0) is 6.20. The summed E-state index contributed by atoms with van der Waals surface area (Å²) in [7, 11) is 0. The Balaban J connectivity index is -0.0000000102. The molecule has 1 aliphatic rings. The third kappa shape index (κ3) is 9.24. The molecule has 6 nitrogen and oxygen atoms in total. The standard InChI is InChI=1S/C2H2O6.3Ca.6H/c3-1(4)6-2(5)7-8-2;;;;;;;;;/h5H,(H,3,4);;;;;;;;;/q;3*+2;6*-1. The number of ether oxygens (including phenoxy) is 1. The summed E-state index contributed by atoms with van der Waals surface area (Å²) in [6.45, 7) is 0. The maximum absolute atomic E-state index is 9.51. The second-order valence-electron chi connectivity index (χ2n) is 1.06. The van der Waals surface area contributed by atoms with Gasteiger partial charge in [-0.05, 0) is 0 Å². The summed E-state index contributed by atoms with van der Waals surface area (Å²) in [5.41, 5.74) is 0. The summed E-state index contributed by atoms with van der Waals surface area (Å²) in [6, 6.07) is 0. The van der Waals surface area contributed by atoms with Gasteiger partial charge in [0.1, 0.15) is 0 Å². The van der Waals surface area contributed by atoms with Crippen molar-refractivity contribution >= 4 is 119 Å². The Bertz CT molecular complexity index is 139.